The molecule has 0 fully saturated rings. The molecule has 0 aliphatic carbocycles. The van der Waals surface area contributed by atoms with Crippen molar-refractivity contribution in [2.45, 2.75) is 6.92 Å². The van der Waals surface area contributed by atoms with Crippen LogP contribution in [-0.2, 0) is 34.7 Å². The minimum atomic E-state index is -0.602. The van der Waals surface area contributed by atoms with Gasteiger partial charge in [-0.3, -0.25) is 16.2 Å². The summed E-state index contributed by atoms with van der Waals surface area (Å²) in [5.41, 5.74) is 0. The van der Waals surface area contributed by atoms with Gasteiger partial charge in [-0.2, -0.15) is 0 Å². The van der Waals surface area contributed by atoms with Crippen molar-refractivity contribution in [3.8, 4) is 0 Å². The van der Waals surface area contributed by atoms with Crippen LogP contribution in [0.15, 0.2) is 6.58 Å². The van der Waals surface area contributed by atoms with Gasteiger partial charge >= 0.3 is 0 Å². The molecule has 0 rings (SSSR count). The van der Waals surface area contributed by atoms with Crippen LogP contribution in [0.5, 0.6) is 0 Å². The molecule has 0 aromatic rings. The van der Waals surface area contributed by atoms with Crippen LogP contribution in [0, 0.1) is 6.08 Å². The molecule has 69 valence electrons. The molecule has 0 aromatic heterocycles. The van der Waals surface area contributed by atoms with Crippen LogP contribution in [0.2, 0.25) is 0 Å². The Morgan fingerprint density at radius 3 is 2.58 bits per heavy atom. The molecule has 4 nitrogen and oxygen atoms in total. The molecular formula is C7H10NO3Re-. The predicted octanol–water partition coefficient (Wildman–Crippen LogP) is -0.348. The van der Waals surface area contributed by atoms with Gasteiger partial charge in [-0.25, -0.2) is 0 Å². The van der Waals surface area contributed by atoms with Crippen LogP contribution in [-0.4, -0.2) is 25.0 Å². The molecule has 0 aliphatic heterocycles. The molecule has 0 heterocycles. The van der Waals surface area contributed by atoms with Gasteiger partial charge in [0.25, 0.3) is 0 Å². The first-order chi connectivity index (χ1) is 5.16. The van der Waals surface area contributed by atoms with Crippen LogP contribution >= 0.6 is 0 Å². The van der Waals surface area contributed by atoms with Gasteiger partial charge < -0.3 is 16.1 Å². The summed E-state index contributed by atoms with van der Waals surface area (Å²) in [4.78, 5) is 20.6. The molecule has 12 heavy (non-hydrogen) atoms. The molecule has 5 heteroatoms. The molecule has 1 amide bonds. The Labute approximate surface area is 85.0 Å². The smallest absolute Gasteiger partial charge is 0.216 e. The van der Waals surface area contributed by atoms with Crippen LogP contribution in [0.1, 0.15) is 6.92 Å². The van der Waals surface area contributed by atoms with Crippen molar-refractivity contribution >= 4 is 11.9 Å². The van der Waals surface area contributed by atoms with Crippen molar-refractivity contribution in [2.75, 3.05) is 13.2 Å². The third kappa shape index (κ3) is 9.34. The zero-order valence-corrected chi connectivity index (χ0v) is 9.44. The van der Waals surface area contributed by atoms with Crippen molar-refractivity contribution in [3.05, 3.63) is 12.7 Å². The average molecular weight is 342 g/mol. The Kier molecular flexibility index (Phi) is 9.78. The summed E-state index contributed by atoms with van der Waals surface area (Å²) < 4.78 is 4.51. The van der Waals surface area contributed by atoms with Crippen molar-refractivity contribution in [3.63, 3.8) is 0 Å². The Balaban J connectivity index is 0. The van der Waals surface area contributed by atoms with Crippen LogP contribution in [0.3, 0.4) is 0 Å². The summed E-state index contributed by atoms with van der Waals surface area (Å²) in [5, 5.41) is 2.46. The fraction of sp³-hybridized carbons (Fsp3) is 0.429. The van der Waals surface area contributed by atoms with E-state index in [1.165, 1.54) is 6.92 Å². The maximum atomic E-state index is 10.3. The number of esters is 1. The number of ether oxygens (including phenoxy) is 1. The number of hydrogen-bond donors (Lipinski definition) is 1. The van der Waals surface area contributed by atoms with E-state index in [-0.39, 0.29) is 32.9 Å². The summed E-state index contributed by atoms with van der Waals surface area (Å²) in [7, 11) is 0. The Hall–Kier alpha value is -0.658. The average Bonchev–Trinajstić information content (AvgIpc) is 1.97. The van der Waals surface area contributed by atoms with E-state index in [9.17, 15) is 9.59 Å². The van der Waals surface area contributed by atoms with Crippen LogP contribution < -0.4 is 5.32 Å². The van der Waals surface area contributed by atoms with Gasteiger partial charge in [0.2, 0.25) is 5.91 Å². The van der Waals surface area contributed by atoms with E-state index < -0.39 is 5.97 Å². The minimum Gasteiger partial charge on any atom is -0.488 e. The molecule has 1 radical (unpaired) electrons. The molecule has 0 saturated heterocycles. The number of carbonyl (C=O) groups is 2. The Bertz CT molecular complexity index is 170. The topological polar surface area (TPSA) is 55.4 Å². The van der Waals surface area contributed by atoms with Crippen molar-refractivity contribution in [2.24, 2.45) is 0 Å². The summed E-state index contributed by atoms with van der Waals surface area (Å²) in [6.07, 6.45) is 2.03. The van der Waals surface area contributed by atoms with Gasteiger partial charge in [-0.15, -0.1) is 0 Å². The number of rotatable bonds is 4. The van der Waals surface area contributed by atoms with Gasteiger partial charge in [0.1, 0.15) is 12.6 Å². The maximum Gasteiger partial charge on any atom is 0.216 e. The standard InChI is InChI=1S/C7H10NO3.Re/c1-3-7(10)11-5-4-8-6(2)9;/h1,4-5H2,2H3,(H,8,9);/q-1;. The van der Waals surface area contributed by atoms with E-state index >= 15 is 0 Å². The molecule has 1 N–H and O–H groups in total. The monoisotopic (exact) mass is 343 g/mol. The quantitative estimate of drug-likeness (QED) is 0.329. The van der Waals surface area contributed by atoms with Gasteiger partial charge in [-0.1, -0.05) is 0 Å². The van der Waals surface area contributed by atoms with Crippen molar-refractivity contribution in [1.82, 2.24) is 5.32 Å². The van der Waals surface area contributed by atoms with E-state index in [2.05, 4.69) is 16.6 Å². The van der Waals surface area contributed by atoms with Gasteiger partial charge in [0, 0.05) is 27.3 Å². The second-order valence-electron chi connectivity index (χ2n) is 1.80. The summed E-state index contributed by atoms with van der Waals surface area (Å²) >= 11 is 0. The van der Waals surface area contributed by atoms with Gasteiger partial charge in [0.15, 0.2) is 0 Å². The van der Waals surface area contributed by atoms with E-state index in [0.29, 0.717) is 6.54 Å². The molecule has 0 atom stereocenters. The van der Waals surface area contributed by atoms with Crippen LogP contribution in [0.25, 0.3) is 0 Å². The molecule has 0 spiro atoms. The van der Waals surface area contributed by atoms with Gasteiger partial charge in [0.05, 0.1) is 6.54 Å². The zero-order chi connectivity index (χ0) is 8.69. The maximum absolute atomic E-state index is 10.3. The van der Waals surface area contributed by atoms with E-state index in [0.717, 1.165) is 0 Å². The molecule has 0 bridgehead atoms. The summed E-state index contributed by atoms with van der Waals surface area (Å²) in [6.45, 7) is 4.95. The molecule has 0 unspecified atom stereocenters. The van der Waals surface area contributed by atoms with E-state index in [4.69, 9.17) is 0 Å². The third-order valence-electron chi connectivity index (χ3n) is 0.854. The van der Waals surface area contributed by atoms with Crippen LogP contribution in [0.4, 0.5) is 0 Å². The zero-order valence-electron chi connectivity index (χ0n) is 6.72. The van der Waals surface area contributed by atoms with Gasteiger partial charge in [-0.05, 0) is 0 Å². The summed E-state index contributed by atoms with van der Waals surface area (Å²) in [6, 6.07) is 0. The van der Waals surface area contributed by atoms with E-state index in [1.54, 1.807) is 0 Å². The number of hydrogen-bond acceptors (Lipinski definition) is 3. The molecule has 0 aromatic carbocycles. The Morgan fingerprint density at radius 1 is 1.58 bits per heavy atom. The van der Waals surface area contributed by atoms with E-state index in [1.807, 2.05) is 6.08 Å². The minimum absolute atomic E-state index is 0. The first kappa shape index (κ1) is 13.9. The predicted molar refractivity (Wildman–Crippen MR) is 38.5 cm³/mol. The first-order valence-electron chi connectivity index (χ1n) is 3.11. The Morgan fingerprint density at radius 2 is 2.17 bits per heavy atom. The normalized spacial score (nSPS) is 7.75. The number of carbonyl (C=O) groups excluding carboxylic acids is 2. The van der Waals surface area contributed by atoms with Crippen molar-refractivity contribution < 1.29 is 34.7 Å². The molecule has 0 aliphatic rings. The first-order valence-corrected chi connectivity index (χ1v) is 3.11. The molecule has 0 saturated carbocycles. The second-order valence-corrected chi connectivity index (χ2v) is 1.80. The molecular weight excluding hydrogens is 332 g/mol. The largest absolute Gasteiger partial charge is 0.488 e. The summed E-state index contributed by atoms with van der Waals surface area (Å²) in [5.74, 6) is -0.751. The number of nitrogens with one attached hydrogen (secondary N) is 1. The number of amides is 1. The van der Waals surface area contributed by atoms with Crippen molar-refractivity contribution in [1.29, 1.82) is 0 Å². The second kappa shape index (κ2) is 8.44. The third-order valence-corrected chi connectivity index (χ3v) is 0.854. The fourth-order valence-electron chi connectivity index (χ4n) is 0.422. The fourth-order valence-corrected chi connectivity index (χ4v) is 0.422. The SMILES string of the molecule is C=[C-]C(=O)OCCNC(C)=O.[Re].